The number of fused-ring (bicyclic) bond motifs is 1. The maximum Gasteiger partial charge on any atom is 0.294 e. The van der Waals surface area contributed by atoms with Crippen molar-refractivity contribution in [2.24, 2.45) is 20.5 Å². The monoisotopic (exact) mass is 629 g/mol. The average Bonchev–Trinajstić information content (AvgIpc) is 3.02. The molecule has 0 amide bonds. The van der Waals surface area contributed by atoms with E-state index < -0.39 is 20.2 Å². The van der Waals surface area contributed by atoms with Gasteiger partial charge in [-0.1, -0.05) is 49.4 Å². The summed E-state index contributed by atoms with van der Waals surface area (Å²) in [4.78, 5) is -0.422. The molecule has 0 aliphatic rings. The van der Waals surface area contributed by atoms with Crippen LogP contribution < -0.4 is 5.32 Å². The fraction of sp³-hybridized carbons (Fsp3) is 0.0968. The smallest absolute Gasteiger partial charge is 0.294 e. The molecule has 0 heterocycles. The van der Waals surface area contributed by atoms with E-state index in [1.165, 1.54) is 30.3 Å². The Hall–Kier alpha value is -4.82. The lowest BCUT2D eigenvalue weighted by atomic mass is 10.0. The molecule has 0 fully saturated rings. The lowest BCUT2D eigenvalue weighted by molar-refractivity contribution is 0.481. The highest BCUT2D eigenvalue weighted by atomic mass is 32.2. The Morgan fingerprint density at radius 2 is 1.16 bits per heavy atom. The third-order valence-corrected chi connectivity index (χ3v) is 8.41. The van der Waals surface area contributed by atoms with Crippen LogP contribution in [0.25, 0.3) is 10.8 Å². The molecule has 224 valence electrons. The molecular weight excluding hydrogens is 603 g/mol. The number of hydrogen-bond donors (Lipinski definition) is 3. The van der Waals surface area contributed by atoms with Gasteiger partial charge in [-0.3, -0.25) is 9.11 Å². The summed E-state index contributed by atoms with van der Waals surface area (Å²) in [6.07, 6.45) is 0.677. The number of azo groups is 2. The number of nitrogens with one attached hydrogen (secondary N) is 1. The van der Waals surface area contributed by atoms with E-state index in [-0.39, 0.29) is 21.5 Å². The predicted molar refractivity (Wildman–Crippen MR) is 168 cm³/mol. The lowest BCUT2D eigenvalue weighted by Crippen LogP contribution is -2.10. The van der Waals surface area contributed by atoms with Gasteiger partial charge >= 0.3 is 0 Å². The first-order valence-corrected chi connectivity index (χ1v) is 16.3. The van der Waals surface area contributed by atoms with Crippen molar-refractivity contribution in [3.8, 4) is 0 Å². The van der Waals surface area contributed by atoms with Gasteiger partial charge in [-0.2, -0.15) is 27.1 Å². The predicted octanol–water partition coefficient (Wildman–Crippen LogP) is 8.73. The Morgan fingerprint density at radius 3 is 1.73 bits per heavy atom. The van der Waals surface area contributed by atoms with Gasteiger partial charge in [-0.25, -0.2) is 0 Å². The molecule has 0 aliphatic heterocycles. The summed E-state index contributed by atoms with van der Waals surface area (Å²) >= 11 is 0. The Labute approximate surface area is 254 Å². The van der Waals surface area contributed by atoms with Crippen molar-refractivity contribution in [2.75, 3.05) is 5.32 Å². The third-order valence-electron chi connectivity index (χ3n) is 6.71. The topological polar surface area (TPSA) is 170 Å². The van der Waals surface area contributed by atoms with Crippen molar-refractivity contribution in [3.63, 3.8) is 0 Å². The zero-order chi connectivity index (χ0) is 31.3. The maximum atomic E-state index is 11.5. The third kappa shape index (κ3) is 7.38. The molecule has 0 radical (unpaired) electrons. The summed E-state index contributed by atoms with van der Waals surface area (Å²) in [5, 5.41) is 22.2. The number of nitrogens with zero attached hydrogens (tertiary/aromatic N) is 4. The molecule has 3 N–H and O–H groups in total. The van der Waals surface area contributed by atoms with E-state index >= 15 is 0 Å². The minimum Gasteiger partial charge on any atom is -0.378 e. The van der Waals surface area contributed by atoms with Gasteiger partial charge in [0, 0.05) is 16.5 Å². The molecule has 0 bridgehead atoms. The first kappa shape index (κ1) is 30.6. The molecule has 13 heteroatoms. The van der Waals surface area contributed by atoms with Gasteiger partial charge in [-0.15, -0.1) is 10.2 Å². The zero-order valence-electron chi connectivity index (χ0n) is 23.3. The van der Waals surface area contributed by atoms with Crippen LogP contribution in [0.4, 0.5) is 28.4 Å². The SMILES string of the molecule is CCC(Nc1ccc(N=Nc2ccc(N=Nc3cccc(S(=O)(=O)O)c3)c3ccccc23)cc1)c1cccc(S(=O)(=O)O)c1. The number of benzene rings is 5. The molecule has 5 rings (SSSR count). The molecule has 1 unspecified atom stereocenters. The Bertz CT molecular complexity index is 2100. The van der Waals surface area contributed by atoms with Crippen molar-refractivity contribution in [1.29, 1.82) is 0 Å². The highest BCUT2D eigenvalue weighted by molar-refractivity contribution is 7.86. The Morgan fingerprint density at radius 1 is 0.614 bits per heavy atom. The van der Waals surface area contributed by atoms with E-state index in [4.69, 9.17) is 0 Å². The largest absolute Gasteiger partial charge is 0.378 e. The van der Waals surface area contributed by atoms with Crippen LogP contribution in [-0.2, 0) is 20.2 Å². The lowest BCUT2D eigenvalue weighted by Gasteiger charge is -2.19. The summed E-state index contributed by atoms with van der Waals surface area (Å²) in [6.45, 7) is 1.97. The Kier molecular flexibility index (Phi) is 8.92. The Balaban J connectivity index is 1.33. The minimum absolute atomic E-state index is 0.153. The quantitative estimate of drug-likeness (QED) is 0.102. The fourth-order valence-electron chi connectivity index (χ4n) is 4.51. The van der Waals surface area contributed by atoms with Crippen molar-refractivity contribution < 1.29 is 25.9 Å². The average molecular weight is 630 g/mol. The first-order valence-electron chi connectivity index (χ1n) is 13.4. The molecule has 1 atom stereocenters. The fourth-order valence-corrected chi connectivity index (χ4v) is 5.57. The van der Waals surface area contributed by atoms with Gasteiger partial charge in [0.2, 0.25) is 0 Å². The van der Waals surface area contributed by atoms with Gasteiger partial charge < -0.3 is 5.32 Å². The molecule has 0 spiro atoms. The van der Waals surface area contributed by atoms with E-state index in [9.17, 15) is 25.9 Å². The maximum absolute atomic E-state index is 11.5. The van der Waals surface area contributed by atoms with Crippen molar-refractivity contribution in [3.05, 3.63) is 115 Å². The van der Waals surface area contributed by atoms with E-state index in [0.717, 1.165) is 22.0 Å². The number of anilines is 1. The van der Waals surface area contributed by atoms with Crippen LogP contribution in [-0.4, -0.2) is 25.9 Å². The molecule has 0 saturated heterocycles. The molecule has 44 heavy (non-hydrogen) atoms. The summed E-state index contributed by atoms with van der Waals surface area (Å²) in [5.74, 6) is 0. The molecule has 5 aromatic rings. The highest BCUT2D eigenvalue weighted by Gasteiger charge is 2.15. The number of hydrogen-bond acceptors (Lipinski definition) is 9. The van der Waals surface area contributed by atoms with E-state index in [2.05, 4.69) is 25.8 Å². The van der Waals surface area contributed by atoms with Crippen LogP contribution >= 0.6 is 0 Å². The van der Waals surface area contributed by atoms with E-state index in [1.807, 2.05) is 43.3 Å². The standard InChI is InChI=1S/C31H27N5O6S2/c1-2-29(21-7-5-9-25(19-21)43(37,38)39)32-22-13-15-23(16-14-22)33-35-30-17-18-31(28-12-4-3-11-27(28)30)36-34-24-8-6-10-26(20-24)44(40,41)42/h3-20,29,32H,2H2,1H3,(H,37,38,39)(H,40,41,42). The van der Waals surface area contributed by atoms with Crippen molar-refractivity contribution in [2.45, 2.75) is 29.2 Å². The van der Waals surface area contributed by atoms with Crippen molar-refractivity contribution in [1.82, 2.24) is 0 Å². The van der Waals surface area contributed by atoms with Gasteiger partial charge in [0.25, 0.3) is 20.2 Å². The van der Waals surface area contributed by atoms with Crippen LogP contribution in [0.3, 0.4) is 0 Å². The zero-order valence-corrected chi connectivity index (χ0v) is 24.9. The number of rotatable bonds is 10. The van der Waals surface area contributed by atoms with Gasteiger partial charge in [-0.05, 0) is 78.7 Å². The van der Waals surface area contributed by atoms with Crippen molar-refractivity contribution >= 4 is 59.4 Å². The van der Waals surface area contributed by atoms with E-state index in [1.54, 1.807) is 42.5 Å². The minimum atomic E-state index is -4.36. The molecule has 5 aromatic carbocycles. The molecule has 0 aromatic heterocycles. The second kappa shape index (κ2) is 12.8. The van der Waals surface area contributed by atoms with Crippen LogP contribution in [0.15, 0.2) is 139 Å². The first-order chi connectivity index (χ1) is 21.0. The van der Waals surface area contributed by atoms with Gasteiger partial charge in [0.15, 0.2) is 0 Å². The van der Waals surface area contributed by atoms with E-state index in [0.29, 0.717) is 23.5 Å². The normalized spacial score (nSPS) is 13.1. The molecule has 11 nitrogen and oxygen atoms in total. The van der Waals surface area contributed by atoms with Gasteiger partial charge in [0.05, 0.1) is 38.6 Å². The van der Waals surface area contributed by atoms with Gasteiger partial charge in [0.1, 0.15) is 0 Å². The van der Waals surface area contributed by atoms with Crippen LogP contribution in [0.2, 0.25) is 0 Å². The molecule has 0 aliphatic carbocycles. The second-order valence-electron chi connectivity index (χ2n) is 9.72. The molecular formula is C31H27N5O6S2. The highest BCUT2D eigenvalue weighted by Crippen LogP contribution is 2.35. The second-order valence-corrected chi connectivity index (χ2v) is 12.6. The summed E-state index contributed by atoms with van der Waals surface area (Å²) < 4.78 is 64.6. The summed E-state index contributed by atoms with van der Waals surface area (Å²) in [5.41, 5.74) is 3.56. The van der Waals surface area contributed by atoms with Crippen LogP contribution in [0, 0.1) is 0 Å². The summed E-state index contributed by atoms with van der Waals surface area (Å²) in [6, 6.07) is 29.8. The molecule has 0 saturated carbocycles. The van der Waals surface area contributed by atoms with Crippen LogP contribution in [0.1, 0.15) is 24.9 Å². The summed E-state index contributed by atoms with van der Waals surface area (Å²) in [7, 11) is -8.66. The van der Waals surface area contributed by atoms with Crippen LogP contribution in [0.5, 0.6) is 0 Å².